The summed E-state index contributed by atoms with van der Waals surface area (Å²) in [4.78, 5) is 11.1. The maximum absolute atomic E-state index is 11.1. The summed E-state index contributed by atoms with van der Waals surface area (Å²) < 4.78 is 4.79. The molecule has 0 heterocycles. The van der Waals surface area contributed by atoms with Crippen molar-refractivity contribution in [2.24, 2.45) is 0 Å². The van der Waals surface area contributed by atoms with Gasteiger partial charge in [0.1, 0.15) is 0 Å². The molecule has 0 fully saturated rings. The molecule has 0 rings (SSSR count). The maximum Gasteiger partial charge on any atom is 0.331 e. The van der Waals surface area contributed by atoms with E-state index in [4.69, 9.17) is 11.2 Å². The smallest absolute Gasteiger partial charge is 0.331 e. The first-order valence-electron chi connectivity index (χ1n) is 5.58. The molecule has 0 spiro atoms. The molecule has 0 amide bonds. The van der Waals surface area contributed by atoms with Crippen LogP contribution in [0, 0.1) is 12.3 Å². The molecular formula is C13H20O2. The Morgan fingerprint density at radius 1 is 1.33 bits per heavy atom. The first kappa shape index (κ1) is 13.8. The topological polar surface area (TPSA) is 26.3 Å². The summed E-state index contributed by atoms with van der Waals surface area (Å²) in [7, 11) is 0. The van der Waals surface area contributed by atoms with Gasteiger partial charge in [-0.05, 0) is 19.8 Å². The van der Waals surface area contributed by atoms with Crippen molar-refractivity contribution in [3.63, 3.8) is 0 Å². The molecule has 0 aromatic carbocycles. The number of carbonyl (C=O) groups excluding carboxylic acids is 1. The van der Waals surface area contributed by atoms with E-state index < -0.39 is 0 Å². The number of unbranched alkanes of at least 4 members (excludes halogenated alkanes) is 3. The van der Waals surface area contributed by atoms with Crippen molar-refractivity contribution >= 4 is 5.97 Å². The number of carbonyl (C=O) groups is 1. The summed E-state index contributed by atoms with van der Waals surface area (Å²) in [5, 5.41) is 0. The third-order valence-corrected chi connectivity index (χ3v) is 2.06. The summed E-state index contributed by atoms with van der Waals surface area (Å²) in [6.07, 6.45) is 12.2. The minimum Gasteiger partial charge on any atom is -0.463 e. The number of hydrogen-bond donors (Lipinski definition) is 0. The van der Waals surface area contributed by atoms with Crippen LogP contribution < -0.4 is 0 Å². The number of hydrogen-bond acceptors (Lipinski definition) is 2. The Kier molecular flexibility index (Phi) is 8.56. The zero-order chi connectivity index (χ0) is 11.5. The van der Waals surface area contributed by atoms with Crippen molar-refractivity contribution in [3.05, 3.63) is 11.6 Å². The van der Waals surface area contributed by atoms with E-state index in [2.05, 4.69) is 12.8 Å². The molecule has 0 bridgehead atoms. The lowest BCUT2D eigenvalue weighted by Gasteiger charge is -2.00. The SMILES string of the molecule is C#C/C(=C\C(=O)OCC)CCCCCC. The average molecular weight is 208 g/mol. The molecule has 0 unspecified atom stereocenters. The van der Waals surface area contributed by atoms with Crippen LogP contribution in [0.2, 0.25) is 0 Å². The zero-order valence-electron chi connectivity index (χ0n) is 9.71. The molecule has 0 saturated heterocycles. The van der Waals surface area contributed by atoms with E-state index in [-0.39, 0.29) is 5.97 Å². The van der Waals surface area contributed by atoms with Gasteiger partial charge >= 0.3 is 5.97 Å². The third kappa shape index (κ3) is 7.81. The zero-order valence-corrected chi connectivity index (χ0v) is 9.71. The Bertz CT molecular complexity index is 246. The van der Waals surface area contributed by atoms with E-state index in [0.29, 0.717) is 6.61 Å². The predicted octanol–water partition coefficient (Wildman–Crippen LogP) is 3.08. The molecular weight excluding hydrogens is 188 g/mol. The van der Waals surface area contributed by atoms with Gasteiger partial charge in [0, 0.05) is 11.6 Å². The number of esters is 1. The Morgan fingerprint density at radius 2 is 2.07 bits per heavy atom. The van der Waals surface area contributed by atoms with Crippen molar-refractivity contribution in [2.75, 3.05) is 6.61 Å². The molecule has 0 saturated carbocycles. The van der Waals surface area contributed by atoms with Crippen LogP contribution in [-0.4, -0.2) is 12.6 Å². The number of allylic oxidation sites excluding steroid dienone is 1. The fourth-order valence-electron chi connectivity index (χ4n) is 1.25. The van der Waals surface area contributed by atoms with E-state index in [9.17, 15) is 4.79 Å². The lowest BCUT2D eigenvalue weighted by atomic mass is 10.1. The fraction of sp³-hybridized carbons (Fsp3) is 0.615. The maximum atomic E-state index is 11.1. The van der Waals surface area contributed by atoms with Crippen LogP contribution in [-0.2, 0) is 9.53 Å². The van der Waals surface area contributed by atoms with Crippen molar-refractivity contribution in [2.45, 2.75) is 46.0 Å². The monoisotopic (exact) mass is 208 g/mol. The molecule has 2 nitrogen and oxygen atoms in total. The molecule has 0 aromatic rings. The highest BCUT2D eigenvalue weighted by Gasteiger charge is 2.00. The minimum atomic E-state index is -0.332. The average Bonchev–Trinajstić information content (AvgIpc) is 2.23. The van der Waals surface area contributed by atoms with E-state index in [1.165, 1.54) is 25.3 Å². The second-order valence-corrected chi connectivity index (χ2v) is 3.38. The van der Waals surface area contributed by atoms with Crippen LogP contribution in [0.3, 0.4) is 0 Å². The van der Waals surface area contributed by atoms with Gasteiger partial charge in [-0.2, -0.15) is 0 Å². The second kappa shape index (κ2) is 9.33. The van der Waals surface area contributed by atoms with Gasteiger partial charge in [0.05, 0.1) is 6.61 Å². The highest BCUT2D eigenvalue weighted by atomic mass is 16.5. The first-order chi connectivity index (χ1) is 7.24. The molecule has 0 aliphatic carbocycles. The summed E-state index contributed by atoms with van der Waals surface area (Å²) in [5.41, 5.74) is 0.740. The highest BCUT2D eigenvalue weighted by molar-refractivity contribution is 5.83. The van der Waals surface area contributed by atoms with E-state index in [1.807, 2.05) is 0 Å². The molecule has 0 atom stereocenters. The van der Waals surface area contributed by atoms with Gasteiger partial charge in [0.25, 0.3) is 0 Å². The molecule has 15 heavy (non-hydrogen) atoms. The highest BCUT2D eigenvalue weighted by Crippen LogP contribution is 2.09. The predicted molar refractivity (Wildman–Crippen MR) is 62.3 cm³/mol. The van der Waals surface area contributed by atoms with Gasteiger partial charge in [0.2, 0.25) is 0 Å². The quantitative estimate of drug-likeness (QED) is 0.278. The lowest BCUT2D eigenvalue weighted by molar-refractivity contribution is -0.137. The van der Waals surface area contributed by atoms with Gasteiger partial charge < -0.3 is 4.74 Å². The van der Waals surface area contributed by atoms with Crippen LogP contribution in [0.15, 0.2) is 11.6 Å². The van der Waals surface area contributed by atoms with Crippen LogP contribution >= 0.6 is 0 Å². The van der Waals surface area contributed by atoms with Gasteiger partial charge in [-0.25, -0.2) is 4.79 Å². The summed E-state index contributed by atoms with van der Waals surface area (Å²) >= 11 is 0. The number of rotatable bonds is 7. The molecule has 0 aliphatic rings. The molecule has 2 heteroatoms. The number of terminal acetylenes is 1. The fourth-order valence-corrected chi connectivity index (χ4v) is 1.25. The Balaban J connectivity index is 3.91. The van der Waals surface area contributed by atoms with Crippen LogP contribution in [0.25, 0.3) is 0 Å². The summed E-state index contributed by atoms with van der Waals surface area (Å²) in [6, 6.07) is 0. The Hall–Kier alpha value is -1.23. The third-order valence-electron chi connectivity index (χ3n) is 2.06. The van der Waals surface area contributed by atoms with Gasteiger partial charge in [-0.1, -0.05) is 32.1 Å². The molecule has 0 aliphatic heterocycles. The van der Waals surface area contributed by atoms with Crippen molar-refractivity contribution in [1.29, 1.82) is 0 Å². The number of ether oxygens (including phenoxy) is 1. The molecule has 0 N–H and O–H groups in total. The molecule has 0 aromatic heterocycles. The van der Waals surface area contributed by atoms with Gasteiger partial charge in [-0.15, -0.1) is 6.42 Å². The van der Waals surface area contributed by atoms with E-state index in [1.54, 1.807) is 6.92 Å². The van der Waals surface area contributed by atoms with Gasteiger partial charge in [0.15, 0.2) is 0 Å². The lowest BCUT2D eigenvalue weighted by Crippen LogP contribution is -2.00. The molecule has 0 radical (unpaired) electrons. The first-order valence-corrected chi connectivity index (χ1v) is 5.58. The van der Waals surface area contributed by atoms with E-state index >= 15 is 0 Å². The van der Waals surface area contributed by atoms with E-state index in [0.717, 1.165) is 18.4 Å². The second-order valence-electron chi connectivity index (χ2n) is 3.38. The minimum absolute atomic E-state index is 0.332. The Morgan fingerprint density at radius 3 is 2.60 bits per heavy atom. The normalized spacial score (nSPS) is 10.9. The summed E-state index contributed by atoms with van der Waals surface area (Å²) in [6.45, 7) is 4.34. The standard InChI is InChI=1S/C13H20O2/c1-4-7-8-9-10-12(5-2)11-13(14)15-6-3/h2,11H,4,6-10H2,1,3H3/b12-11+. The Labute approximate surface area is 92.7 Å². The molecule has 84 valence electrons. The van der Waals surface area contributed by atoms with Crippen molar-refractivity contribution in [3.8, 4) is 12.3 Å². The van der Waals surface area contributed by atoms with Crippen LogP contribution in [0.5, 0.6) is 0 Å². The summed E-state index contributed by atoms with van der Waals surface area (Å²) in [5.74, 6) is 2.20. The van der Waals surface area contributed by atoms with Crippen molar-refractivity contribution in [1.82, 2.24) is 0 Å². The van der Waals surface area contributed by atoms with Crippen LogP contribution in [0.4, 0.5) is 0 Å². The largest absolute Gasteiger partial charge is 0.463 e. The van der Waals surface area contributed by atoms with Gasteiger partial charge in [-0.3, -0.25) is 0 Å². The van der Waals surface area contributed by atoms with Crippen LogP contribution in [0.1, 0.15) is 46.0 Å². The van der Waals surface area contributed by atoms with Crippen molar-refractivity contribution < 1.29 is 9.53 Å².